The monoisotopic (exact) mass is 976 g/mol. The number of methoxy groups -OCH3 is 2. The molecular formula is C44H64O24. The molecule has 18 atom stereocenters. The SMILES string of the molecule is C/C=C1/[C@H](O[C@@H]2O[C@H](CO)[C@@H](O)[C@H](O)[C@H]2O)OC=C(C(=O)OC)[C@H]1CC(=O)OC[C@@H]1[C@H](C)[C@@H](OC(=O)C[C@@H]2C(C(=O)OC)=CO[C@@H](O[C@@H]3O[C@H](CO)[C@@H](O)[C@H](O)[C@H]3O)/C2=C/C)C[C@H]1C(CO)CO. The van der Waals surface area contributed by atoms with Gasteiger partial charge in [-0.15, -0.1) is 0 Å². The van der Waals surface area contributed by atoms with E-state index in [4.69, 9.17) is 47.4 Å². The molecule has 0 spiro atoms. The molecule has 24 nitrogen and oxygen atoms in total. The first-order valence-electron chi connectivity index (χ1n) is 22.1. The molecule has 384 valence electrons. The van der Waals surface area contributed by atoms with E-state index in [1.807, 2.05) is 0 Å². The van der Waals surface area contributed by atoms with E-state index in [2.05, 4.69) is 0 Å². The van der Waals surface area contributed by atoms with Gasteiger partial charge in [0, 0.05) is 48.0 Å². The van der Waals surface area contributed by atoms with E-state index in [0.717, 1.165) is 26.7 Å². The Bertz CT molecular complexity index is 1860. The molecular weight excluding hydrogens is 912 g/mol. The van der Waals surface area contributed by atoms with E-state index in [9.17, 15) is 70.2 Å². The van der Waals surface area contributed by atoms with Crippen LogP contribution in [0.2, 0.25) is 0 Å². The number of hydrogen-bond donors (Lipinski definition) is 10. The molecule has 0 aromatic carbocycles. The summed E-state index contributed by atoms with van der Waals surface area (Å²) in [4.78, 5) is 53.5. The van der Waals surface area contributed by atoms with Crippen molar-refractivity contribution in [3.8, 4) is 0 Å². The summed E-state index contributed by atoms with van der Waals surface area (Å²) in [5.41, 5.74) is 0.168. The van der Waals surface area contributed by atoms with Crippen LogP contribution in [0.3, 0.4) is 0 Å². The van der Waals surface area contributed by atoms with Gasteiger partial charge in [0.1, 0.15) is 54.9 Å². The number of hydrogen-bond acceptors (Lipinski definition) is 24. The van der Waals surface area contributed by atoms with Crippen molar-refractivity contribution < 1.29 is 118 Å². The van der Waals surface area contributed by atoms with Crippen LogP contribution in [0.4, 0.5) is 0 Å². The molecule has 0 aromatic heterocycles. The van der Waals surface area contributed by atoms with Gasteiger partial charge < -0.3 is 98.4 Å². The summed E-state index contributed by atoms with van der Waals surface area (Å²) in [6, 6.07) is 0. The van der Waals surface area contributed by atoms with Gasteiger partial charge in [0.05, 0.1) is 70.6 Å². The minimum Gasteiger partial charge on any atom is -0.468 e. The van der Waals surface area contributed by atoms with Crippen LogP contribution in [0.25, 0.3) is 0 Å². The van der Waals surface area contributed by atoms with Gasteiger partial charge in [0.2, 0.25) is 12.6 Å². The van der Waals surface area contributed by atoms with E-state index in [-0.39, 0.29) is 35.3 Å². The average Bonchev–Trinajstić information content (AvgIpc) is 3.63. The van der Waals surface area contributed by atoms with Crippen molar-refractivity contribution in [3.05, 3.63) is 47.0 Å². The number of allylic oxidation sites excluding steroid dienone is 2. The Kier molecular flexibility index (Phi) is 19.9. The maximum atomic E-state index is 13.9. The highest BCUT2D eigenvalue weighted by Gasteiger charge is 2.50. The Morgan fingerprint density at radius 2 is 1.12 bits per heavy atom. The van der Waals surface area contributed by atoms with E-state index in [1.165, 1.54) is 12.2 Å². The average molecular weight is 977 g/mol. The largest absolute Gasteiger partial charge is 0.468 e. The Morgan fingerprint density at radius 3 is 1.51 bits per heavy atom. The van der Waals surface area contributed by atoms with Crippen LogP contribution >= 0.6 is 0 Å². The number of esters is 4. The molecule has 1 saturated carbocycles. The smallest absolute Gasteiger partial charge is 0.337 e. The fourth-order valence-corrected chi connectivity index (χ4v) is 9.27. The summed E-state index contributed by atoms with van der Waals surface area (Å²) in [5, 5.41) is 102. The minimum absolute atomic E-state index is 0.100. The second-order valence-electron chi connectivity index (χ2n) is 17.1. The fraction of sp³-hybridized carbons (Fsp3) is 0.727. The summed E-state index contributed by atoms with van der Waals surface area (Å²) in [5.74, 6) is -7.97. The Morgan fingerprint density at radius 1 is 0.676 bits per heavy atom. The van der Waals surface area contributed by atoms with Gasteiger partial charge >= 0.3 is 23.9 Å². The molecule has 0 unspecified atom stereocenters. The molecule has 0 bridgehead atoms. The molecule has 24 heteroatoms. The van der Waals surface area contributed by atoms with Crippen LogP contribution in [0.5, 0.6) is 0 Å². The van der Waals surface area contributed by atoms with E-state index in [1.54, 1.807) is 20.8 Å². The highest BCUT2D eigenvalue weighted by Crippen LogP contribution is 2.45. The third-order valence-electron chi connectivity index (χ3n) is 13.3. The molecule has 3 fully saturated rings. The quantitative estimate of drug-likeness (QED) is 0.0365. The molecule has 5 rings (SSSR count). The van der Waals surface area contributed by atoms with Gasteiger partial charge in [-0.1, -0.05) is 19.1 Å². The first-order valence-corrected chi connectivity index (χ1v) is 22.1. The second-order valence-corrected chi connectivity index (χ2v) is 17.1. The number of rotatable bonds is 18. The molecule has 2 saturated heterocycles. The molecule has 0 radical (unpaired) electrons. The van der Waals surface area contributed by atoms with E-state index >= 15 is 0 Å². The third-order valence-corrected chi connectivity index (χ3v) is 13.3. The topological polar surface area (TPSA) is 363 Å². The molecule has 5 aliphatic rings. The lowest BCUT2D eigenvalue weighted by Crippen LogP contribution is -2.60. The Labute approximate surface area is 390 Å². The summed E-state index contributed by atoms with van der Waals surface area (Å²) in [6.45, 7) is 2.16. The number of carbonyl (C=O) groups excluding carboxylic acids is 4. The zero-order valence-corrected chi connectivity index (χ0v) is 38.1. The fourth-order valence-electron chi connectivity index (χ4n) is 9.27. The standard InChI is InChI=1S/C44H64O24/c1-6-20-23(26(39(57)59-4)16-62-41(20)67-43-37(55)35(53)33(51)29(13-47)65-43)9-31(49)61-15-25-18(3)28(8-22(25)19(11-45)12-46)64-32(50)10-24-21(7-2)42(63-17-27(24)40(58)60-5)68-44-38(56)36(54)34(52)30(14-48)66-44/h6-7,16-19,22-25,28-30,33-38,41-48,51-56H,8-15H2,1-5H3/b20-6+,21-7+/t18-,22-,23-,24-,25+,28-,29+,30+,33+,34+,35-,36-,37+,38+,41-,42-,43-,44-/m0/s1. The Hall–Kier alpha value is -4.12. The molecule has 10 N–H and O–H groups in total. The highest BCUT2D eigenvalue weighted by atomic mass is 16.8. The predicted octanol–water partition coefficient (Wildman–Crippen LogP) is -3.32. The maximum Gasteiger partial charge on any atom is 0.337 e. The number of ether oxygens (including phenoxy) is 10. The normalized spacial score (nSPS) is 38.5. The molecule has 68 heavy (non-hydrogen) atoms. The van der Waals surface area contributed by atoms with Crippen molar-refractivity contribution in [2.75, 3.05) is 47.3 Å². The van der Waals surface area contributed by atoms with Crippen LogP contribution < -0.4 is 0 Å². The summed E-state index contributed by atoms with van der Waals surface area (Å²) < 4.78 is 55.5. The number of aliphatic hydroxyl groups excluding tert-OH is 10. The van der Waals surface area contributed by atoms with Crippen molar-refractivity contribution >= 4 is 23.9 Å². The van der Waals surface area contributed by atoms with Gasteiger partial charge in [-0.05, 0) is 32.1 Å². The van der Waals surface area contributed by atoms with Crippen molar-refractivity contribution in [1.82, 2.24) is 0 Å². The van der Waals surface area contributed by atoms with E-state index in [0.29, 0.717) is 0 Å². The summed E-state index contributed by atoms with van der Waals surface area (Å²) >= 11 is 0. The van der Waals surface area contributed by atoms with Gasteiger partial charge in [0.15, 0.2) is 12.6 Å². The molecule has 4 aliphatic heterocycles. The van der Waals surface area contributed by atoms with Crippen LogP contribution in [0.15, 0.2) is 47.0 Å². The van der Waals surface area contributed by atoms with E-state index < -0.39 is 179 Å². The lowest BCUT2D eigenvalue weighted by molar-refractivity contribution is -0.327. The maximum absolute atomic E-state index is 13.9. The second kappa shape index (κ2) is 24.6. The zero-order chi connectivity index (χ0) is 50.1. The zero-order valence-electron chi connectivity index (χ0n) is 38.1. The van der Waals surface area contributed by atoms with Gasteiger partial charge in [-0.2, -0.15) is 0 Å². The summed E-state index contributed by atoms with van der Waals surface area (Å²) in [7, 11) is 2.23. The van der Waals surface area contributed by atoms with Crippen LogP contribution in [-0.2, 0) is 66.5 Å². The van der Waals surface area contributed by atoms with Crippen molar-refractivity contribution in [2.24, 2.45) is 35.5 Å². The first kappa shape index (κ1) is 54.8. The van der Waals surface area contributed by atoms with Gasteiger partial charge in [0.25, 0.3) is 0 Å². The minimum atomic E-state index is -1.80. The summed E-state index contributed by atoms with van der Waals surface area (Å²) in [6.07, 6.45) is -15.9. The number of aliphatic hydroxyl groups is 10. The molecule has 4 heterocycles. The predicted molar refractivity (Wildman–Crippen MR) is 223 cm³/mol. The lowest BCUT2D eigenvalue weighted by atomic mass is 9.82. The van der Waals surface area contributed by atoms with Gasteiger partial charge in [-0.3, -0.25) is 9.59 Å². The van der Waals surface area contributed by atoms with Crippen LogP contribution in [-0.4, -0.2) is 202 Å². The number of carbonyl (C=O) groups is 4. The van der Waals surface area contributed by atoms with Crippen molar-refractivity contribution in [3.63, 3.8) is 0 Å². The molecule has 0 aromatic rings. The molecule has 0 amide bonds. The van der Waals surface area contributed by atoms with Crippen molar-refractivity contribution in [1.29, 1.82) is 0 Å². The van der Waals surface area contributed by atoms with Crippen LogP contribution in [0, 0.1) is 35.5 Å². The highest BCUT2D eigenvalue weighted by molar-refractivity contribution is 5.91. The van der Waals surface area contributed by atoms with Gasteiger partial charge in [-0.25, -0.2) is 9.59 Å². The Balaban J connectivity index is 1.29. The van der Waals surface area contributed by atoms with Crippen LogP contribution in [0.1, 0.15) is 40.0 Å². The molecule has 1 aliphatic carbocycles. The van der Waals surface area contributed by atoms with Crippen molar-refractivity contribution in [2.45, 2.75) is 120 Å². The third kappa shape index (κ3) is 11.9. The first-order chi connectivity index (χ1) is 32.4. The lowest BCUT2D eigenvalue weighted by Gasteiger charge is -2.42.